The van der Waals surface area contributed by atoms with E-state index in [1.807, 2.05) is 6.07 Å². The zero-order valence-corrected chi connectivity index (χ0v) is 7.45. The number of aromatic nitrogens is 2. The standard InChI is InChI=1S/C9H9F2N3/c10-9(11)4-1-2-8(9)14-7(6-12)3-5-13-14/h3,5,8H,1-2,4H2. The molecule has 0 N–H and O–H groups in total. The smallest absolute Gasteiger partial charge is 0.246 e. The fraction of sp³-hybridized carbons (Fsp3) is 0.556. The lowest BCUT2D eigenvalue weighted by molar-refractivity contribution is -0.0346. The SMILES string of the molecule is N#Cc1ccnn1C1CCCC1(F)F. The van der Waals surface area contributed by atoms with E-state index < -0.39 is 12.0 Å². The maximum Gasteiger partial charge on any atom is 0.270 e. The van der Waals surface area contributed by atoms with Crippen molar-refractivity contribution < 1.29 is 8.78 Å². The molecule has 14 heavy (non-hydrogen) atoms. The molecule has 1 aromatic rings. The average molecular weight is 197 g/mol. The fourth-order valence-electron chi connectivity index (χ4n) is 1.86. The van der Waals surface area contributed by atoms with Gasteiger partial charge < -0.3 is 0 Å². The van der Waals surface area contributed by atoms with Crippen LogP contribution in [0.4, 0.5) is 8.78 Å². The summed E-state index contributed by atoms with van der Waals surface area (Å²) in [4.78, 5) is 0. The predicted octanol–water partition coefficient (Wildman–Crippen LogP) is 2.12. The number of hydrogen-bond donors (Lipinski definition) is 0. The summed E-state index contributed by atoms with van der Waals surface area (Å²) in [6.45, 7) is 0. The Labute approximate surface area is 79.9 Å². The van der Waals surface area contributed by atoms with Gasteiger partial charge in [0.2, 0.25) is 0 Å². The Morgan fingerprint density at radius 3 is 3.00 bits per heavy atom. The molecule has 0 saturated heterocycles. The molecule has 1 unspecified atom stereocenters. The molecule has 0 radical (unpaired) electrons. The largest absolute Gasteiger partial charge is 0.270 e. The van der Waals surface area contributed by atoms with Crippen LogP contribution in [0, 0.1) is 11.3 Å². The van der Waals surface area contributed by atoms with Crippen molar-refractivity contribution in [1.29, 1.82) is 5.26 Å². The van der Waals surface area contributed by atoms with Gasteiger partial charge in [0.25, 0.3) is 5.92 Å². The second-order valence-electron chi connectivity index (χ2n) is 3.44. The summed E-state index contributed by atoms with van der Waals surface area (Å²) in [6, 6.07) is 2.37. The zero-order chi connectivity index (χ0) is 10.2. The zero-order valence-electron chi connectivity index (χ0n) is 7.45. The van der Waals surface area contributed by atoms with Gasteiger partial charge in [-0.1, -0.05) is 0 Å². The van der Waals surface area contributed by atoms with Crippen LogP contribution in [0.3, 0.4) is 0 Å². The maximum atomic E-state index is 13.3. The lowest BCUT2D eigenvalue weighted by Crippen LogP contribution is -2.26. The lowest BCUT2D eigenvalue weighted by Gasteiger charge is -2.19. The summed E-state index contributed by atoms with van der Waals surface area (Å²) in [6.07, 6.45) is 2.15. The molecule has 1 aliphatic rings. The molecule has 1 saturated carbocycles. The van der Waals surface area contributed by atoms with Gasteiger partial charge in [0.05, 0.1) is 6.20 Å². The van der Waals surface area contributed by atoms with Crippen LogP contribution in [0.25, 0.3) is 0 Å². The predicted molar refractivity (Wildman–Crippen MR) is 44.8 cm³/mol. The Hall–Kier alpha value is -1.44. The summed E-state index contributed by atoms with van der Waals surface area (Å²) in [5, 5.41) is 12.5. The highest BCUT2D eigenvalue weighted by Gasteiger charge is 2.46. The topological polar surface area (TPSA) is 41.6 Å². The number of alkyl halides is 2. The van der Waals surface area contributed by atoms with Crippen LogP contribution in [0.2, 0.25) is 0 Å². The maximum absolute atomic E-state index is 13.3. The van der Waals surface area contributed by atoms with Crippen molar-refractivity contribution in [3.05, 3.63) is 18.0 Å². The molecule has 3 nitrogen and oxygen atoms in total. The van der Waals surface area contributed by atoms with Crippen LogP contribution >= 0.6 is 0 Å². The summed E-state index contributed by atoms with van der Waals surface area (Å²) < 4.78 is 27.8. The first kappa shape index (κ1) is 9.13. The van der Waals surface area contributed by atoms with E-state index in [2.05, 4.69) is 5.10 Å². The number of nitrogens with zero attached hydrogens (tertiary/aromatic N) is 3. The summed E-state index contributed by atoms with van der Waals surface area (Å²) in [5.74, 6) is -2.72. The molecule has 1 heterocycles. The number of rotatable bonds is 1. The van der Waals surface area contributed by atoms with Gasteiger partial charge in [-0.25, -0.2) is 13.5 Å². The number of nitriles is 1. The first-order chi connectivity index (χ1) is 6.65. The third-order valence-corrected chi connectivity index (χ3v) is 2.56. The first-order valence-electron chi connectivity index (χ1n) is 4.46. The first-order valence-corrected chi connectivity index (χ1v) is 4.46. The van der Waals surface area contributed by atoms with E-state index in [4.69, 9.17) is 5.26 Å². The van der Waals surface area contributed by atoms with E-state index >= 15 is 0 Å². The third-order valence-electron chi connectivity index (χ3n) is 2.56. The van der Waals surface area contributed by atoms with Crippen LogP contribution in [0.1, 0.15) is 31.0 Å². The van der Waals surface area contributed by atoms with Gasteiger partial charge in [-0.15, -0.1) is 0 Å². The highest BCUT2D eigenvalue weighted by molar-refractivity contribution is 5.20. The van der Waals surface area contributed by atoms with Crippen LogP contribution in [-0.4, -0.2) is 15.7 Å². The van der Waals surface area contributed by atoms with Crippen LogP contribution in [0.5, 0.6) is 0 Å². The van der Waals surface area contributed by atoms with Gasteiger partial charge in [-0.05, 0) is 18.9 Å². The molecule has 1 aliphatic carbocycles. The van der Waals surface area contributed by atoms with Crippen molar-refractivity contribution in [3.8, 4) is 6.07 Å². The highest BCUT2D eigenvalue weighted by atomic mass is 19.3. The quantitative estimate of drug-likeness (QED) is 0.691. The summed E-state index contributed by atoms with van der Waals surface area (Å²) in [7, 11) is 0. The minimum Gasteiger partial charge on any atom is -0.246 e. The molecule has 0 aliphatic heterocycles. The van der Waals surface area contributed by atoms with Crippen molar-refractivity contribution >= 4 is 0 Å². The van der Waals surface area contributed by atoms with Crippen LogP contribution < -0.4 is 0 Å². The number of halogens is 2. The van der Waals surface area contributed by atoms with Gasteiger partial charge >= 0.3 is 0 Å². The molecule has 1 fully saturated rings. The molecule has 0 spiro atoms. The Kier molecular flexibility index (Phi) is 1.99. The highest BCUT2D eigenvalue weighted by Crippen LogP contribution is 2.43. The Morgan fingerprint density at radius 1 is 1.64 bits per heavy atom. The monoisotopic (exact) mass is 197 g/mol. The van der Waals surface area contributed by atoms with Gasteiger partial charge in [-0.3, -0.25) is 0 Å². The van der Waals surface area contributed by atoms with E-state index in [-0.39, 0.29) is 12.1 Å². The molecule has 1 atom stereocenters. The van der Waals surface area contributed by atoms with Crippen molar-refractivity contribution in [2.45, 2.75) is 31.2 Å². The minimum atomic E-state index is -2.72. The molecule has 2 rings (SSSR count). The average Bonchev–Trinajstić information content (AvgIpc) is 2.69. The van der Waals surface area contributed by atoms with E-state index in [1.54, 1.807) is 0 Å². The Bertz CT molecular complexity index is 378. The molecule has 74 valence electrons. The van der Waals surface area contributed by atoms with Gasteiger partial charge in [0, 0.05) is 6.42 Å². The van der Waals surface area contributed by atoms with E-state index in [0.717, 1.165) is 4.68 Å². The summed E-state index contributed by atoms with van der Waals surface area (Å²) in [5.41, 5.74) is 0.205. The molecule has 1 aromatic heterocycles. The summed E-state index contributed by atoms with van der Waals surface area (Å²) >= 11 is 0. The molecule has 5 heteroatoms. The molecule has 0 bridgehead atoms. The van der Waals surface area contributed by atoms with E-state index in [0.29, 0.717) is 12.8 Å². The van der Waals surface area contributed by atoms with Crippen molar-refractivity contribution in [2.24, 2.45) is 0 Å². The van der Waals surface area contributed by atoms with Crippen molar-refractivity contribution in [3.63, 3.8) is 0 Å². The molecule has 0 amide bonds. The number of hydrogen-bond acceptors (Lipinski definition) is 2. The third kappa shape index (κ3) is 1.27. The minimum absolute atomic E-state index is 0.109. The van der Waals surface area contributed by atoms with Crippen molar-refractivity contribution in [1.82, 2.24) is 9.78 Å². The second kappa shape index (κ2) is 3.05. The molecule has 0 aromatic carbocycles. The van der Waals surface area contributed by atoms with Crippen molar-refractivity contribution in [2.75, 3.05) is 0 Å². The van der Waals surface area contributed by atoms with Crippen LogP contribution in [0.15, 0.2) is 12.3 Å². The van der Waals surface area contributed by atoms with Gasteiger partial charge in [-0.2, -0.15) is 10.4 Å². The normalized spacial score (nSPS) is 24.8. The van der Waals surface area contributed by atoms with E-state index in [9.17, 15) is 8.78 Å². The van der Waals surface area contributed by atoms with Crippen LogP contribution in [-0.2, 0) is 0 Å². The van der Waals surface area contributed by atoms with E-state index in [1.165, 1.54) is 12.3 Å². The Balaban J connectivity index is 2.36. The van der Waals surface area contributed by atoms with Gasteiger partial charge in [0.15, 0.2) is 0 Å². The molecular formula is C9H9F2N3. The molecular weight excluding hydrogens is 188 g/mol. The second-order valence-corrected chi connectivity index (χ2v) is 3.44. The Morgan fingerprint density at radius 2 is 2.43 bits per heavy atom. The fourth-order valence-corrected chi connectivity index (χ4v) is 1.86. The van der Waals surface area contributed by atoms with Gasteiger partial charge in [0.1, 0.15) is 17.8 Å². The lowest BCUT2D eigenvalue weighted by atomic mass is 10.2.